The van der Waals surface area contributed by atoms with Crippen LogP contribution in [0.1, 0.15) is 18.9 Å². The van der Waals surface area contributed by atoms with Gasteiger partial charge in [0.05, 0.1) is 0 Å². The summed E-state index contributed by atoms with van der Waals surface area (Å²) in [7, 11) is 0. The summed E-state index contributed by atoms with van der Waals surface area (Å²) in [4.78, 5) is 2.57. The summed E-state index contributed by atoms with van der Waals surface area (Å²) >= 11 is -0.0734. The van der Waals surface area contributed by atoms with Gasteiger partial charge in [0.2, 0.25) is 0 Å². The average molecular weight is 341 g/mol. The van der Waals surface area contributed by atoms with E-state index in [1.165, 1.54) is 12.1 Å². The molecule has 7 heteroatoms. The van der Waals surface area contributed by atoms with E-state index in [0.29, 0.717) is 18.5 Å². The van der Waals surface area contributed by atoms with Crippen LogP contribution in [0.15, 0.2) is 29.2 Å². The molecule has 0 saturated carbocycles. The number of halogens is 4. The molecule has 2 unspecified atom stereocenters. The van der Waals surface area contributed by atoms with Gasteiger partial charge in [0.15, 0.2) is 0 Å². The second kappa shape index (κ2) is 7.72. The Morgan fingerprint density at radius 3 is 2.38 bits per heavy atom. The van der Waals surface area contributed by atoms with Crippen LogP contribution >= 0.6 is 24.2 Å². The van der Waals surface area contributed by atoms with Crippen molar-refractivity contribution in [3.8, 4) is 0 Å². The second-order valence-corrected chi connectivity index (χ2v) is 6.45. The second-order valence-electron chi connectivity index (χ2n) is 5.31. The SMILES string of the molecule is CC1CC(CN)CN1Cc1ccc(SC(F)(F)F)cc1.Cl. The minimum Gasteiger partial charge on any atom is -0.330 e. The van der Waals surface area contributed by atoms with Crippen molar-refractivity contribution in [3.05, 3.63) is 29.8 Å². The summed E-state index contributed by atoms with van der Waals surface area (Å²) in [5.74, 6) is 0.532. The molecule has 2 nitrogen and oxygen atoms in total. The van der Waals surface area contributed by atoms with Crippen molar-refractivity contribution in [1.29, 1.82) is 0 Å². The van der Waals surface area contributed by atoms with Gasteiger partial charge in [0.25, 0.3) is 0 Å². The molecular formula is C14H20ClF3N2S. The summed E-state index contributed by atoms with van der Waals surface area (Å²) < 4.78 is 36.7. The maximum Gasteiger partial charge on any atom is 0.446 e. The standard InChI is InChI=1S/C14H19F3N2S.ClH/c1-10-6-12(7-18)9-19(10)8-11-2-4-13(5-3-11)20-14(15,16)17;/h2-5,10,12H,6-9,18H2,1H3;1H. The third-order valence-corrected chi connectivity index (χ3v) is 4.41. The lowest BCUT2D eigenvalue weighted by Gasteiger charge is -2.21. The fourth-order valence-corrected chi connectivity index (χ4v) is 3.18. The monoisotopic (exact) mass is 340 g/mol. The van der Waals surface area contributed by atoms with Crippen LogP contribution in [0.4, 0.5) is 13.2 Å². The zero-order valence-electron chi connectivity index (χ0n) is 11.8. The normalized spacial score (nSPS) is 23.1. The third-order valence-electron chi connectivity index (χ3n) is 3.67. The molecule has 1 heterocycles. The highest BCUT2D eigenvalue weighted by atomic mass is 35.5. The number of hydrogen-bond donors (Lipinski definition) is 1. The topological polar surface area (TPSA) is 29.3 Å². The van der Waals surface area contributed by atoms with Crippen molar-refractivity contribution in [3.63, 3.8) is 0 Å². The molecule has 120 valence electrons. The van der Waals surface area contributed by atoms with Gasteiger partial charge >= 0.3 is 5.51 Å². The Kier molecular flexibility index (Phi) is 6.84. The number of likely N-dealkylation sites (tertiary alicyclic amines) is 1. The van der Waals surface area contributed by atoms with Crippen LogP contribution in [0.25, 0.3) is 0 Å². The fraction of sp³-hybridized carbons (Fsp3) is 0.571. The Morgan fingerprint density at radius 1 is 1.29 bits per heavy atom. The maximum absolute atomic E-state index is 12.2. The molecular weight excluding hydrogens is 321 g/mol. The first kappa shape index (κ1) is 18.6. The van der Waals surface area contributed by atoms with E-state index >= 15 is 0 Å². The molecule has 1 aliphatic heterocycles. The van der Waals surface area contributed by atoms with Gasteiger partial charge in [-0.15, -0.1) is 12.4 Å². The van der Waals surface area contributed by atoms with Crippen LogP contribution in [0.3, 0.4) is 0 Å². The number of thioether (sulfide) groups is 1. The molecule has 0 spiro atoms. The minimum absolute atomic E-state index is 0. The van der Waals surface area contributed by atoms with Crippen molar-refractivity contribution in [2.45, 2.75) is 36.3 Å². The van der Waals surface area contributed by atoms with E-state index in [9.17, 15) is 13.2 Å². The molecule has 1 fully saturated rings. The minimum atomic E-state index is -4.22. The highest BCUT2D eigenvalue weighted by Gasteiger charge is 2.29. The smallest absolute Gasteiger partial charge is 0.330 e. The lowest BCUT2D eigenvalue weighted by Crippen LogP contribution is -2.27. The molecule has 2 rings (SSSR count). The van der Waals surface area contributed by atoms with E-state index in [1.54, 1.807) is 12.1 Å². The van der Waals surface area contributed by atoms with Crippen LogP contribution in [0, 0.1) is 5.92 Å². The highest BCUT2D eigenvalue weighted by Crippen LogP contribution is 2.36. The van der Waals surface area contributed by atoms with E-state index in [1.807, 2.05) is 0 Å². The van der Waals surface area contributed by atoms with Gasteiger partial charge in [-0.25, -0.2) is 0 Å². The number of nitrogens with two attached hydrogens (primary N) is 1. The third kappa shape index (κ3) is 5.70. The molecule has 0 bridgehead atoms. The quantitative estimate of drug-likeness (QED) is 0.843. The highest BCUT2D eigenvalue weighted by molar-refractivity contribution is 8.00. The van der Waals surface area contributed by atoms with Crippen molar-refractivity contribution in [1.82, 2.24) is 4.90 Å². The van der Waals surface area contributed by atoms with Crippen molar-refractivity contribution < 1.29 is 13.2 Å². The molecule has 1 aromatic rings. The zero-order valence-corrected chi connectivity index (χ0v) is 13.4. The predicted molar refractivity (Wildman–Crippen MR) is 82.6 cm³/mol. The van der Waals surface area contributed by atoms with Gasteiger partial charge in [-0.2, -0.15) is 13.2 Å². The van der Waals surface area contributed by atoms with E-state index in [0.717, 1.165) is 25.1 Å². The van der Waals surface area contributed by atoms with Gasteiger partial charge in [-0.1, -0.05) is 12.1 Å². The number of alkyl halides is 3. The lowest BCUT2D eigenvalue weighted by atomic mass is 10.1. The molecule has 1 saturated heterocycles. The number of nitrogens with zero attached hydrogens (tertiary/aromatic N) is 1. The van der Waals surface area contributed by atoms with Crippen LogP contribution in [-0.2, 0) is 6.54 Å². The van der Waals surface area contributed by atoms with Crippen LogP contribution < -0.4 is 5.73 Å². The van der Waals surface area contributed by atoms with E-state index < -0.39 is 5.51 Å². The van der Waals surface area contributed by atoms with Gasteiger partial charge in [0.1, 0.15) is 0 Å². The average Bonchev–Trinajstić information content (AvgIpc) is 2.71. The number of rotatable bonds is 4. The Bertz CT molecular complexity index is 439. The van der Waals surface area contributed by atoms with Gasteiger partial charge in [-0.3, -0.25) is 4.90 Å². The predicted octanol–water partition coefficient (Wildman–Crippen LogP) is 3.89. The lowest BCUT2D eigenvalue weighted by molar-refractivity contribution is -0.0328. The molecule has 0 aromatic heterocycles. The van der Waals surface area contributed by atoms with Crippen LogP contribution in [-0.4, -0.2) is 29.5 Å². The first-order valence-electron chi connectivity index (χ1n) is 6.66. The summed E-state index contributed by atoms with van der Waals surface area (Å²) in [5, 5.41) is 0. The molecule has 1 aromatic carbocycles. The molecule has 0 radical (unpaired) electrons. The maximum atomic E-state index is 12.2. The van der Waals surface area contributed by atoms with Gasteiger partial charge in [-0.05, 0) is 55.3 Å². The first-order chi connectivity index (χ1) is 9.37. The molecule has 2 N–H and O–H groups in total. The van der Waals surface area contributed by atoms with E-state index in [4.69, 9.17) is 5.73 Å². The molecule has 1 aliphatic rings. The van der Waals surface area contributed by atoms with Gasteiger partial charge < -0.3 is 5.73 Å². The number of benzene rings is 1. The van der Waals surface area contributed by atoms with Crippen LogP contribution in [0.5, 0.6) is 0 Å². The summed E-state index contributed by atoms with van der Waals surface area (Å²) in [6.07, 6.45) is 1.10. The summed E-state index contributed by atoms with van der Waals surface area (Å²) in [6, 6.07) is 7.10. The van der Waals surface area contributed by atoms with E-state index in [2.05, 4.69) is 11.8 Å². The number of hydrogen-bond acceptors (Lipinski definition) is 3. The van der Waals surface area contributed by atoms with Crippen molar-refractivity contribution in [2.75, 3.05) is 13.1 Å². The zero-order chi connectivity index (χ0) is 14.8. The first-order valence-corrected chi connectivity index (χ1v) is 7.48. The molecule has 0 aliphatic carbocycles. The van der Waals surface area contributed by atoms with Crippen LogP contribution in [0.2, 0.25) is 0 Å². The Morgan fingerprint density at radius 2 is 1.90 bits per heavy atom. The Hall–Kier alpha value is -0.430. The summed E-state index contributed by atoms with van der Waals surface area (Å²) in [6.45, 7) is 4.61. The van der Waals surface area contributed by atoms with Crippen molar-refractivity contribution >= 4 is 24.2 Å². The van der Waals surface area contributed by atoms with E-state index in [-0.39, 0.29) is 29.1 Å². The fourth-order valence-electron chi connectivity index (χ4n) is 2.64. The summed E-state index contributed by atoms with van der Waals surface area (Å²) in [5.41, 5.74) is 2.51. The largest absolute Gasteiger partial charge is 0.446 e. The van der Waals surface area contributed by atoms with Gasteiger partial charge in [0, 0.05) is 24.0 Å². The Labute approximate surface area is 133 Å². The Balaban J connectivity index is 0.00000220. The molecule has 2 atom stereocenters. The van der Waals surface area contributed by atoms with Crippen molar-refractivity contribution in [2.24, 2.45) is 11.7 Å². The molecule has 0 amide bonds. The molecule has 21 heavy (non-hydrogen) atoms.